The molecule has 0 heterocycles. The van der Waals surface area contributed by atoms with Gasteiger partial charge in [-0.2, -0.15) is 0 Å². The predicted octanol–water partition coefficient (Wildman–Crippen LogP) is 3.07. The van der Waals surface area contributed by atoms with Crippen LogP contribution >= 0.6 is 15.9 Å². The second-order valence-electron chi connectivity index (χ2n) is 6.75. The fourth-order valence-electron chi connectivity index (χ4n) is 3.58. The molecule has 2 N–H and O–H groups in total. The summed E-state index contributed by atoms with van der Waals surface area (Å²) in [6.07, 6.45) is 5.15. The van der Waals surface area contributed by atoms with Crippen LogP contribution in [0.4, 0.5) is 0 Å². The van der Waals surface area contributed by atoms with Crippen LogP contribution in [0.25, 0.3) is 0 Å². The van der Waals surface area contributed by atoms with Crippen molar-refractivity contribution in [3.05, 3.63) is 34.3 Å². The molecule has 0 aromatic heterocycles. The number of nitrogens with two attached hydrogens (primary N) is 1. The third-order valence-corrected chi connectivity index (χ3v) is 5.58. The topological polar surface area (TPSA) is 46.3 Å². The summed E-state index contributed by atoms with van der Waals surface area (Å²) in [5, 5.41) is 0. The van der Waals surface area contributed by atoms with Gasteiger partial charge in [0.05, 0.1) is 0 Å². The molecule has 3 nitrogen and oxygen atoms in total. The maximum absolute atomic E-state index is 12.5. The predicted molar refractivity (Wildman–Crippen MR) is 88.0 cm³/mol. The highest BCUT2D eigenvalue weighted by Crippen LogP contribution is 2.49. The maximum Gasteiger partial charge on any atom is 0.225 e. The Hall–Kier alpha value is -0.870. The van der Waals surface area contributed by atoms with Crippen LogP contribution in [0.3, 0.4) is 0 Å². The van der Waals surface area contributed by atoms with E-state index in [0.717, 1.165) is 30.3 Å². The summed E-state index contributed by atoms with van der Waals surface area (Å²) in [6, 6.07) is 8.76. The molecular formula is C17H23BrN2O. The standard InChI is InChI=1S/C17H23BrN2O/c1-20(16(21)12-2-7-15(19)10-12)11-17(8-9-17)13-3-5-14(18)6-4-13/h3-6,12,15H,2,7-11,19H2,1H3. The van der Waals surface area contributed by atoms with Crippen molar-refractivity contribution in [3.8, 4) is 0 Å². The Morgan fingerprint density at radius 1 is 1.33 bits per heavy atom. The van der Waals surface area contributed by atoms with Crippen molar-refractivity contribution < 1.29 is 4.79 Å². The van der Waals surface area contributed by atoms with Gasteiger partial charge >= 0.3 is 0 Å². The molecule has 3 rings (SSSR count). The van der Waals surface area contributed by atoms with Crippen molar-refractivity contribution in [2.75, 3.05) is 13.6 Å². The highest BCUT2D eigenvalue weighted by molar-refractivity contribution is 9.10. The maximum atomic E-state index is 12.5. The highest BCUT2D eigenvalue weighted by atomic mass is 79.9. The first-order chi connectivity index (χ1) is 10.00. The summed E-state index contributed by atoms with van der Waals surface area (Å²) in [4.78, 5) is 14.5. The number of halogens is 1. The molecule has 2 saturated carbocycles. The van der Waals surface area contributed by atoms with Crippen LogP contribution in [0.1, 0.15) is 37.7 Å². The quantitative estimate of drug-likeness (QED) is 0.906. The number of hydrogen-bond acceptors (Lipinski definition) is 2. The largest absolute Gasteiger partial charge is 0.345 e. The van der Waals surface area contributed by atoms with E-state index in [4.69, 9.17) is 5.73 Å². The van der Waals surface area contributed by atoms with Crippen LogP contribution < -0.4 is 5.73 Å². The molecular weight excluding hydrogens is 328 g/mol. The minimum Gasteiger partial charge on any atom is -0.345 e. The van der Waals surface area contributed by atoms with Crippen LogP contribution in [0.2, 0.25) is 0 Å². The van der Waals surface area contributed by atoms with Gasteiger partial charge in [-0.05, 0) is 49.8 Å². The van der Waals surface area contributed by atoms with E-state index >= 15 is 0 Å². The fourth-order valence-corrected chi connectivity index (χ4v) is 3.84. The van der Waals surface area contributed by atoms with E-state index in [1.54, 1.807) is 0 Å². The summed E-state index contributed by atoms with van der Waals surface area (Å²) < 4.78 is 1.10. The van der Waals surface area contributed by atoms with E-state index in [2.05, 4.69) is 40.2 Å². The monoisotopic (exact) mass is 350 g/mol. The van der Waals surface area contributed by atoms with Gasteiger partial charge in [-0.25, -0.2) is 0 Å². The van der Waals surface area contributed by atoms with E-state index < -0.39 is 0 Å². The summed E-state index contributed by atoms with van der Waals surface area (Å²) in [7, 11) is 1.95. The zero-order valence-electron chi connectivity index (χ0n) is 12.5. The molecule has 114 valence electrons. The van der Waals surface area contributed by atoms with Crippen molar-refractivity contribution in [1.82, 2.24) is 4.90 Å². The highest BCUT2D eigenvalue weighted by Gasteiger charge is 2.46. The van der Waals surface area contributed by atoms with Crippen LogP contribution in [0, 0.1) is 5.92 Å². The summed E-state index contributed by atoms with van der Waals surface area (Å²) in [6.45, 7) is 0.833. The molecule has 1 amide bonds. The molecule has 21 heavy (non-hydrogen) atoms. The van der Waals surface area contributed by atoms with Gasteiger partial charge in [0.2, 0.25) is 5.91 Å². The molecule has 4 heteroatoms. The van der Waals surface area contributed by atoms with Crippen molar-refractivity contribution >= 4 is 21.8 Å². The molecule has 0 spiro atoms. The van der Waals surface area contributed by atoms with E-state index in [1.807, 2.05) is 11.9 Å². The number of likely N-dealkylation sites (N-methyl/N-ethyl adjacent to an activating group) is 1. The number of amides is 1. The van der Waals surface area contributed by atoms with Crippen molar-refractivity contribution in [2.45, 2.75) is 43.6 Å². The molecule has 1 aromatic rings. The molecule has 1 aromatic carbocycles. The van der Waals surface area contributed by atoms with Gasteiger partial charge in [0.15, 0.2) is 0 Å². The minimum absolute atomic E-state index is 0.144. The van der Waals surface area contributed by atoms with E-state index in [-0.39, 0.29) is 23.3 Å². The number of carbonyl (C=O) groups excluding carboxylic acids is 1. The molecule has 2 aliphatic rings. The molecule has 0 bridgehead atoms. The van der Waals surface area contributed by atoms with Crippen molar-refractivity contribution in [1.29, 1.82) is 0 Å². The Morgan fingerprint density at radius 3 is 2.52 bits per heavy atom. The van der Waals surface area contributed by atoms with Gasteiger partial charge in [0.1, 0.15) is 0 Å². The summed E-state index contributed by atoms with van der Waals surface area (Å²) in [5.74, 6) is 0.428. The molecule has 2 atom stereocenters. The average molecular weight is 351 g/mol. The van der Waals surface area contributed by atoms with Gasteiger partial charge in [-0.15, -0.1) is 0 Å². The Balaban J connectivity index is 1.65. The van der Waals surface area contributed by atoms with E-state index in [0.29, 0.717) is 0 Å². The Labute approximate surface area is 135 Å². The van der Waals surface area contributed by atoms with Crippen LogP contribution in [-0.4, -0.2) is 30.4 Å². The molecule has 0 radical (unpaired) electrons. The summed E-state index contributed by atoms with van der Waals surface area (Å²) >= 11 is 3.48. The second-order valence-corrected chi connectivity index (χ2v) is 7.67. The summed E-state index contributed by atoms with van der Waals surface area (Å²) in [5.41, 5.74) is 7.47. The number of nitrogens with zero attached hydrogens (tertiary/aromatic N) is 1. The van der Waals surface area contributed by atoms with Crippen LogP contribution in [0.15, 0.2) is 28.7 Å². The Kier molecular flexibility index (Phi) is 4.10. The Bertz CT molecular complexity index is 524. The molecule has 0 saturated heterocycles. The van der Waals surface area contributed by atoms with Crippen LogP contribution in [-0.2, 0) is 10.2 Å². The van der Waals surface area contributed by atoms with Crippen molar-refractivity contribution in [2.24, 2.45) is 11.7 Å². The van der Waals surface area contributed by atoms with Gasteiger partial charge in [-0.1, -0.05) is 28.1 Å². The Morgan fingerprint density at radius 2 is 2.00 bits per heavy atom. The third kappa shape index (κ3) is 3.16. The minimum atomic E-state index is 0.144. The molecule has 2 fully saturated rings. The molecule has 2 aliphatic carbocycles. The zero-order valence-corrected chi connectivity index (χ0v) is 14.1. The van der Waals surface area contributed by atoms with Gasteiger partial charge in [0.25, 0.3) is 0 Å². The number of hydrogen-bond donors (Lipinski definition) is 1. The number of rotatable bonds is 4. The first-order valence-electron chi connectivity index (χ1n) is 7.77. The zero-order chi connectivity index (χ0) is 15.0. The number of carbonyl (C=O) groups is 1. The third-order valence-electron chi connectivity index (χ3n) is 5.05. The number of benzene rings is 1. The smallest absolute Gasteiger partial charge is 0.225 e. The van der Waals surface area contributed by atoms with Crippen molar-refractivity contribution in [3.63, 3.8) is 0 Å². The molecule has 2 unspecified atom stereocenters. The normalized spacial score (nSPS) is 26.6. The average Bonchev–Trinajstić information content (AvgIpc) is 3.11. The lowest BCUT2D eigenvalue weighted by Gasteiger charge is -2.26. The SMILES string of the molecule is CN(CC1(c2ccc(Br)cc2)CC1)C(=O)C1CCC(N)C1. The molecule has 0 aliphatic heterocycles. The van der Waals surface area contributed by atoms with Gasteiger partial charge in [-0.3, -0.25) is 4.79 Å². The van der Waals surface area contributed by atoms with Crippen LogP contribution in [0.5, 0.6) is 0 Å². The van der Waals surface area contributed by atoms with Gasteiger partial charge < -0.3 is 10.6 Å². The van der Waals surface area contributed by atoms with E-state index in [9.17, 15) is 4.79 Å². The fraction of sp³-hybridized carbons (Fsp3) is 0.588. The lowest BCUT2D eigenvalue weighted by molar-refractivity contribution is -0.134. The lowest BCUT2D eigenvalue weighted by atomic mass is 9.95. The first-order valence-corrected chi connectivity index (χ1v) is 8.56. The second kappa shape index (κ2) is 5.73. The van der Waals surface area contributed by atoms with Gasteiger partial charge in [0, 0.05) is 35.4 Å². The van der Waals surface area contributed by atoms with E-state index in [1.165, 1.54) is 18.4 Å². The first kappa shape index (κ1) is 15.0. The lowest BCUT2D eigenvalue weighted by Crippen LogP contribution is -2.38.